The van der Waals surface area contributed by atoms with Crippen molar-refractivity contribution in [3.8, 4) is 0 Å². The van der Waals surface area contributed by atoms with E-state index >= 15 is 0 Å². The lowest BCUT2D eigenvalue weighted by atomic mass is 10.1. The molecule has 1 heterocycles. The molecule has 7 nitrogen and oxygen atoms in total. The second-order valence-corrected chi connectivity index (χ2v) is 5.25. The minimum absolute atomic E-state index is 0.0731. The van der Waals surface area contributed by atoms with Crippen molar-refractivity contribution in [3.05, 3.63) is 22.2 Å². The minimum atomic E-state index is -0.638. The molecule has 0 aliphatic rings. The molecule has 0 radical (unpaired) electrons. The van der Waals surface area contributed by atoms with Gasteiger partial charge in [0, 0.05) is 19.7 Å². The van der Waals surface area contributed by atoms with E-state index in [0.717, 1.165) is 13.0 Å². The first-order valence-corrected chi connectivity index (χ1v) is 6.57. The van der Waals surface area contributed by atoms with Crippen molar-refractivity contribution < 1.29 is 10.0 Å². The maximum atomic E-state index is 11.1. The van der Waals surface area contributed by atoms with Crippen molar-refractivity contribution in [1.29, 1.82) is 0 Å². The monoisotopic (exact) mass is 282 g/mol. The second kappa shape index (κ2) is 6.51. The highest BCUT2D eigenvalue weighted by Gasteiger charge is 2.29. The van der Waals surface area contributed by atoms with Gasteiger partial charge in [0.25, 0.3) is 0 Å². The highest BCUT2D eigenvalue weighted by atomic mass is 16.6. The fourth-order valence-electron chi connectivity index (χ4n) is 1.57. The summed E-state index contributed by atoms with van der Waals surface area (Å²) < 4.78 is 0. The first-order chi connectivity index (χ1) is 9.33. The van der Waals surface area contributed by atoms with Gasteiger partial charge in [0.15, 0.2) is 0 Å². The number of rotatable bonds is 7. The molecule has 7 heteroatoms. The molecule has 0 fully saturated rings. The number of pyridine rings is 1. The largest absolute Gasteiger partial charge is 0.394 e. The molecule has 0 aromatic carbocycles. The molecule has 112 valence electrons. The Balaban J connectivity index is 3.21. The van der Waals surface area contributed by atoms with E-state index in [1.54, 1.807) is 31.9 Å². The molecule has 2 N–H and O–H groups in total. The third kappa shape index (κ3) is 3.57. The van der Waals surface area contributed by atoms with E-state index in [1.807, 2.05) is 6.92 Å². The first-order valence-electron chi connectivity index (χ1n) is 6.57. The first kappa shape index (κ1) is 16.2. The lowest BCUT2D eigenvalue weighted by molar-refractivity contribution is -0.384. The molecular weight excluding hydrogens is 260 g/mol. The van der Waals surface area contributed by atoms with Gasteiger partial charge in [-0.25, -0.2) is 4.98 Å². The summed E-state index contributed by atoms with van der Waals surface area (Å²) in [6, 6.07) is 3.03. The minimum Gasteiger partial charge on any atom is -0.394 e. The summed E-state index contributed by atoms with van der Waals surface area (Å²) in [6.07, 6.45) is 0.936. The summed E-state index contributed by atoms with van der Waals surface area (Å²) in [6.45, 7) is 6.24. The lowest BCUT2D eigenvalue weighted by Gasteiger charge is -2.34. The average Bonchev–Trinajstić information content (AvgIpc) is 2.43. The normalized spacial score (nSPS) is 11.2. The van der Waals surface area contributed by atoms with E-state index < -0.39 is 10.5 Å². The number of nitrogens with one attached hydrogen (secondary N) is 1. The Bertz CT molecular complexity index is 477. The van der Waals surface area contributed by atoms with Gasteiger partial charge in [-0.2, -0.15) is 0 Å². The van der Waals surface area contributed by atoms with Gasteiger partial charge in [-0.1, -0.05) is 6.92 Å². The maximum Gasteiger partial charge on any atom is 0.311 e. The van der Waals surface area contributed by atoms with Gasteiger partial charge in [0.05, 0.1) is 17.1 Å². The number of aliphatic hydroxyl groups excluding tert-OH is 1. The summed E-state index contributed by atoms with van der Waals surface area (Å²) in [5.74, 6) is 0.836. The van der Waals surface area contributed by atoms with Crippen LogP contribution in [-0.2, 0) is 0 Å². The Morgan fingerprint density at radius 3 is 2.65 bits per heavy atom. The number of nitro groups is 1. The van der Waals surface area contributed by atoms with E-state index in [1.165, 1.54) is 6.07 Å². The van der Waals surface area contributed by atoms with Crippen LogP contribution in [0.25, 0.3) is 0 Å². The van der Waals surface area contributed by atoms with Gasteiger partial charge in [0.2, 0.25) is 5.82 Å². The number of anilines is 2. The molecule has 0 amide bonds. The van der Waals surface area contributed by atoms with Crippen LogP contribution in [0.3, 0.4) is 0 Å². The molecule has 1 aromatic rings. The molecule has 0 atom stereocenters. The van der Waals surface area contributed by atoms with Crippen LogP contribution in [0.5, 0.6) is 0 Å². The number of likely N-dealkylation sites (N-methyl/N-ethyl adjacent to an activating group) is 1. The summed E-state index contributed by atoms with van der Waals surface area (Å²) in [7, 11) is 1.69. The summed E-state index contributed by atoms with van der Waals surface area (Å²) in [5, 5.41) is 23.6. The van der Waals surface area contributed by atoms with Crippen LogP contribution in [0.4, 0.5) is 17.3 Å². The van der Waals surface area contributed by atoms with Gasteiger partial charge < -0.3 is 15.3 Å². The van der Waals surface area contributed by atoms with Crippen LogP contribution in [0.1, 0.15) is 27.2 Å². The molecule has 0 spiro atoms. The zero-order chi connectivity index (χ0) is 15.3. The number of nitrogens with zero attached hydrogens (tertiary/aromatic N) is 3. The van der Waals surface area contributed by atoms with Crippen LogP contribution in [0, 0.1) is 10.1 Å². The quantitative estimate of drug-likeness (QED) is 0.587. The van der Waals surface area contributed by atoms with Gasteiger partial charge in [-0.05, 0) is 26.3 Å². The molecule has 1 rings (SSSR count). The predicted molar refractivity (Wildman–Crippen MR) is 79.2 cm³/mol. The number of aliphatic hydroxyl groups is 1. The topological polar surface area (TPSA) is 91.5 Å². The van der Waals surface area contributed by atoms with Crippen molar-refractivity contribution in [2.24, 2.45) is 0 Å². The number of hydrogen-bond donors (Lipinski definition) is 2. The maximum absolute atomic E-state index is 11.1. The van der Waals surface area contributed by atoms with Crippen LogP contribution in [0.2, 0.25) is 0 Å². The van der Waals surface area contributed by atoms with E-state index in [2.05, 4.69) is 10.3 Å². The zero-order valence-corrected chi connectivity index (χ0v) is 12.4. The van der Waals surface area contributed by atoms with Crippen molar-refractivity contribution in [2.75, 3.05) is 30.4 Å². The third-order valence-corrected chi connectivity index (χ3v) is 3.22. The van der Waals surface area contributed by atoms with Crippen molar-refractivity contribution in [1.82, 2.24) is 4.98 Å². The summed E-state index contributed by atoms with van der Waals surface area (Å²) in [4.78, 5) is 16.6. The fourth-order valence-corrected chi connectivity index (χ4v) is 1.57. The SMILES string of the molecule is CCCNc1ccc([N+](=O)[O-])c(N(C)C(C)(C)CO)n1. The van der Waals surface area contributed by atoms with Gasteiger partial charge >= 0.3 is 5.69 Å². The Labute approximate surface area is 118 Å². The molecule has 0 aliphatic carbocycles. The van der Waals surface area contributed by atoms with E-state index in [4.69, 9.17) is 0 Å². The molecular formula is C13H22N4O3. The molecule has 0 unspecified atom stereocenters. The fraction of sp³-hybridized carbons (Fsp3) is 0.615. The lowest BCUT2D eigenvalue weighted by Crippen LogP contribution is -2.45. The summed E-state index contributed by atoms with van der Waals surface area (Å²) >= 11 is 0. The third-order valence-electron chi connectivity index (χ3n) is 3.22. The second-order valence-electron chi connectivity index (χ2n) is 5.25. The molecule has 0 bridgehead atoms. The Morgan fingerprint density at radius 2 is 2.15 bits per heavy atom. The average molecular weight is 282 g/mol. The molecule has 20 heavy (non-hydrogen) atoms. The van der Waals surface area contributed by atoms with Crippen molar-refractivity contribution in [3.63, 3.8) is 0 Å². The zero-order valence-electron chi connectivity index (χ0n) is 12.4. The highest BCUT2D eigenvalue weighted by molar-refractivity contribution is 5.62. The van der Waals surface area contributed by atoms with Crippen molar-refractivity contribution >= 4 is 17.3 Å². The molecule has 0 aliphatic heterocycles. The van der Waals surface area contributed by atoms with Gasteiger partial charge in [-0.3, -0.25) is 10.1 Å². The van der Waals surface area contributed by atoms with Crippen molar-refractivity contribution in [2.45, 2.75) is 32.7 Å². The standard InChI is InChI=1S/C13H22N4O3/c1-5-8-14-11-7-6-10(17(19)20)12(15-11)16(4)13(2,3)9-18/h6-7,18H,5,8-9H2,1-4H3,(H,14,15). The van der Waals surface area contributed by atoms with Crippen LogP contribution in [0.15, 0.2) is 12.1 Å². The molecule has 1 aromatic heterocycles. The molecule has 0 saturated heterocycles. The Kier molecular flexibility index (Phi) is 5.26. The van der Waals surface area contributed by atoms with Gasteiger partial charge in [0.1, 0.15) is 5.82 Å². The Hall–Kier alpha value is -1.89. The Morgan fingerprint density at radius 1 is 1.50 bits per heavy atom. The van der Waals surface area contributed by atoms with E-state index in [9.17, 15) is 15.2 Å². The van der Waals surface area contributed by atoms with E-state index in [-0.39, 0.29) is 18.1 Å². The van der Waals surface area contributed by atoms with Crippen LogP contribution in [-0.4, -0.2) is 40.8 Å². The number of hydrogen-bond acceptors (Lipinski definition) is 6. The van der Waals surface area contributed by atoms with Crippen LogP contribution >= 0.6 is 0 Å². The smallest absolute Gasteiger partial charge is 0.311 e. The summed E-state index contributed by atoms with van der Waals surface area (Å²) in [5.41, 5.74) is -0.711. The predicted octanol–water partition coefficient (Wildman–Crippen LogP) is 2.02. The van der Waals surface area contributed by atoms with E-state index in [0.29, 0.717) is 5.82 Å². The van der Waals surface area contributed by atoms with Crippen LogP contribution < -0.4 is 10.2 Å². The van der Waals surface area contributed by atoms with Gasteiger partial charge in [-0.15, -0.1) is 0 Å². The highest BCUT2D eigenvalue weighted by Crippen LogP contribution is 2.31. The number of aromatic nitrogens is 1. The molecule has 0 saturated carbocycles.